The fraction of sp³-hybridized carbons (Fsp3) is 0.475. The van der Waals surface area contributed by atoms with Crippen molar-refractivity contribution in [1.82, 2.24) is 51.7 Å². The molecule has 5 heterocycles. The lowest BCUT2D eigenvalue weighted by molar-refractivity contribution is -0.172. The van der Waals surface area contributed by atoms with Crippen molar-refractivity contribution in [2.45, 2.75) is 96.1 Å². The summed E-state index contributed by atoms with van der Waals surface area (Å²) in [5, 5.41) is 30.5. The van der Waals surface area contributed by atoms with Crippen LogP contribution >= 0.6 is 0 Å². The Morgan fingerprint density at radius 1 is 0.730 bits per heavy atom. The Bertz CT molecular complexity index is 3430. The molecule has 0 saturated carbocycles. The van der Waals surface area contributed by atoms with Crippen LogP contribution in [0.1, 0.15) is 90.4 Å². The third-order valence-corrected chi connectivity index (χ3v) is 15.5. The molecule has 3 aliphatic heterocycles. The number of rotatable bonds is 34. The number of ether oxygens (including phenoxy) is 5. The van der Waals surface area contributed by atoms with E-state index in [2.05, 4.69) is 37.2 Å². The van der Waals surface area contributed by atoms with Gasteiger partial charge in [0.15, 0.2) is 5.60 Å². The molecule has 4 aliphatic rings. The lowest BCUT2D eigenvalue weighted by Crippen LogP contribution is -2.52. The van der Waals surface area contributed by atoms with Crippen molar-refractivity contribution in [3.8, 4) is 11.4 Å². The summed E-state index contributed by atoms with van der Waals surface area (Å²) >= 11 is 0. The number of fused-ring (bicyclic) bond motifs is 5. The first-order chi connectivity index (χ1) is 42.9. The Kier molecular flexibility index (Phi) is 23.3. The Morgan fingerprint density at radius 3 is 2.07 bits per heavy atom. The van der Waals surface area contributed by atoms with E-state index in [1.807, 2.05) is 0 Å². The van der Waals surface area contributed by atoms with Crippen molar-refractivity contribution >= 4 is 70.0 Å². The molecule has 8 N–H and O–H groups in total. The molecule has 2 aromatic carbocycles. The monoisotopic (exact) mass is 1240 g/mol. The molecule has 28 heteroatoms. The second kappa shape index (κ2) is 31.4. The second-order valence-electron chi connectivity index (χ2n) is 21.5. The third-order valence-electron chi connectivity index (χ3n) is 15.5. The summed E-state index contributed by atoms with van der Waals surface area (Å²) in [6, 6.07) is 10.0. The van der Waals surface area contributed by atoms with Gasteiger partial charge in [-0.2, -0.15) is 0 Å². The molecule has 0 bridgehead atoms. The van der Waals surface area contributed by atoms with E-state index in [1.54, 1.807) is 50.2 Å². The summed E-state index contributed by atoms with van der Waals surface area (Å²) in [4.78, 5) is 146. The molecule has 3 atom stereocenters. The first-order valence-electron chi connectivity index (χ1n) is 29.5. The predicted molar refractivity (Wildman–Crippen MR) is 313 cm³/mol. The molecule has 0 fully saturated rings. The van der Waals surface area contributed by atoms with Crippen molar-refractivity contribution in [3.63, 3.8) is 0 Å². The summed E-state index contributed by atoms with van der Waals surface area (Å²) in [5.41, 5.74) is 2.10. The summed E-state index contributed by atoms with van der Waals surface area (Å²) in [7, 11) is 0. The van der Waals surface area contributed by atoms with E-state index in [-0.39, 0.29) is 127 Å². The SMILES string of the molecule is CC[C@@]1(O)C(=O)OCc2c1cc1n(c2=O)Cc2c-1nc1cc(F)c(C)c3c1c2[C@@H](NC(=O)CCCNC(=O)CNC(=O)[C@H](Cc1ccccc1)NC(=O)CNC(=O)CNC(=O)CCOCCOCCOCCOCCNC(=O)CCN1C(=O)C=CC1=O)CC3. The van der Waals surface area contributed by atoms with Crippen LogP contribution < -0.4 is 42.8 Å². The number of nitrogens with one attached hydrogen (secondary N) is 7. The highest BCUT2D eigenvalue weighted by atomic mass is 19.1. The van der Waals surface area contributed by atoms with E-state index in [0.717, 1.165) is 22.6 Å². The largest absolute Gasteiger partial charge is 0.458 e. The van der Waals surface area contributed by atoms with Gasteiger partial charge >= 0.3 is 5.97 Å². The number of hydrogen-bond donors (Lipinski definition) is 8. The van der Waals surface area contributed by atoms with E-state index in [9.17, 15) is 57.8 Å². The maximum Gasteiger partial charge on any atom is 0.343 e. The van der Waals surface area contributed by atoms with Crippen LogP contribution in [0.3, 0.4) is 0 Å². The fourth-order valence-corrected chi connectivity index (χ4v) is 10.8. The van der Waals surface area contributed by atoms with Crippen molar-refractivity contribution < 1.29 is 81.1 Å². The number of amides is 9. The van der Waals surface area contributed by atoms with E-state index in [4.69, 9.17) is 28.7 Å². The Balaban J connectivity index is 0.691. The minimum absolute atomic E-state index is 0.00218. The number of aliphatic hydroxyl groups is 1. The lowest BCUT2D eigenvalue weighted by Gasteiger charge is -2.31. The van der Waals surface area contributed by atoms with Crippen LogP contribution in [0, 0.1) is 12.7 Å². The second-order valence-corrected chi connectivity index (χ2v) is 21.5. The molecule has 8 rings (SSSR count). The number of imide groups is 1. The minimum Gasteiger partial charge on any atom is -0.458 e. The van der Waals surface area contributed by atoms with Gasteiger partial charge < -0.3 is 70.6 Å². The number of aromatic nitrogens is 2. The normalized spacial score (nSPS) is 16.4. The number of hydrogen-bond acceptors (Lipinski definition) is 18. The fourth-order valence-electron chi connectivity index (χ4n) is 10.8. The van der Waals surface area contributed by atoms with Crippen LogP contribution in [0.25, 0.3) is 22.3 Å². The predicted octanol–water partition coefficient (Wildman–Crippen LogP) is -0.509. The van der Waals surface area contributed by atoms with Gasteiger partial charge in [0.2, 0.25) is 41.4 Å². The van der Waals surface area contributed by atoms with Crippen LogP contribution in [0.2, 0.25) is 0 Å². The van der Waals surface area contributed by atoms with E-state index in [1.165, 1.54) is 10.6 Å². The first-order valence-corrected chi connectivity index (χ1v) is 29.5. The maximum atomic E-state index is 15.4. The molecule has 4 aromatic rings. The molecule has 0 radical (unpaired) electrons. The number of pyridine rings is 2. The van der Waals surface area contributed by atoms with Crippen LogP contribution in [0.15, 0.2) is 59.4 Å². The van der Waals surface area contributed by atoms with Crippen LogP contribution in [-0.2, 0) is 103 Å². The topological polar surface area (TPSA) is 359 Å². The zero-order valence-electron chi connectivity index (χ0n) is 49.5. The summed E-state index contributed by atoms with van der Waals surface area (Å²) in [6.45, 7) is 3.91. The van der Waals surface area contributed by atoms with Gasteiger partial charge in [-0.25, -0.2) is 14.2 Å². The number of benzene rings is 2. The number of carbonyl (C=O) groups excluding carboxylic acids is 10. The smallest absolute Gasteiger partial charge is 0.343 e. The van der Waals surface area contributed by atoms with Crippen molar-refractivity contribution in [3.05, 3.63) is 110 Å². The molecule has 1 aliphatic carbocycles. The summed E-state index contributed by atoms with van der Waals surface area (Å²) in [6.07, 6.45) is 3.34. The maximum absolute atomic E-state index is 15.4. The van der Waals surface area contributed by atoms with Gasteiger partial charge in [-0.1, -0.05) is 37.3 Å². The molecule has 2 aromatic heterocycles. The molecule has 0 saturated heterocycles. The number of carbonyl (C=O) groups is 10. The van der Waals surface area contributed by atoms with Gasteiger partial charge in [0, 0.05) is 80.0 Å². The van der Waals surface area contributed by atoms with Gasteiger partial charge in [-0.15, -0.1) is 0 Å². The average Bonchev–Trinajstić information content (AvgIpc) is 1.69. The van der Waals surface area contributed by atoms with Crippen molar-refractivity contribution in [2.24, 2.45) is 0 Å². The summed E-state index contributed by atoms with van der Waals surface area (Å²) < 4.78 is 43.8. The van der Waals surface area contributed by atoms with Gasteiger partial charge in [-0.3, -0.25) is 52.8 Å². The first kappa shape index (κ1) is 66.1. The highest BCUT2D eigenvalue weighted by Crippen LogP contribution is 2.46. The van der Waals surface area contributed by atoms with E-state index >= 15 is 4.39 Å². The molecular weight excluding hydrogens is 1160 g/mol. The molecule has 0 spiro atoms. The average molecular weight is 1240 g/mol. The standard InChI is InChI=1S/C61H73FN10O17/c1-3-61(84)41-29-46-57-39(34-72(46)59(82)40(41)35-89-60(61)83)56-43(12-11-38-36(2)42(62)30-44(70-57)55(38)56)68-49(75)10-7-17-63-50(76)32-67-58(81)45(28-37-8-5-4-6-9-37)69-52(78)33-66-51(77)31-65-48(74)16-20-85-22-24-87-26-27-88-25-23-86-21-18-64-47(73)15-19-71-53(79)13-14-54(71)80/h4-6,8-9,13-14,29-30,43,45,84H,3,7,10-12,15-28,31-35H2,1-2H3,(H,63,76)(H,64,73)(H,65,74)(H,66,77)(H,67,81)(H,68,75)(H,69,78)/t43-,45-,61-/m0/s1. The van der Waals surface area contributed by atoms with Gasteiger partial charge in [-0.05, 0) is 60.9 Å². The van der Waals surface area contributed by atoms with E-state index in [0.29, 0.717) is 77.2 Å². The molecule has 476 valence electrons. The summed E-state index contributed by atoms with van der Waals surface area (Å²) in [5.74, 6) is -5.93. The van der Waals surface area contributed by atoms with Crippen LogP contribution in [0.4, 0.5) is 4.39 Å². The number of cyclic esters (lactones) is 1. The Labute approximate surface area is 510 Å². The zero-order chi connectivity index (χ0) is 63.6. The third kappa shape index (κ3) is 17.1. The zero-order valence-corrected chi connectivity index (χ0v) is 49.5. The molecule has 0 unspecified atom stereocenters. The highest BCUT2D eigenvalue weighted by molar-refractivity contribution is 6.13. The van der Waals surface area contributed by atoms with Crippen LogP contribution in [-0.4, -0.2) is 177 Å². The Hall–Kier alpha value is -8.83. The molecule has 27 nitrogen and oxygen atoms in total. The number of nitrogens with zero attached hydrogens (tertiary/aromatic N) is 3. The van der Waals surface area contributed by atoms with Crippen molar-refractivity contribution in [2.75, 3.05) is 92.1 Å². The van der Waals surface area contributed by atoms with Crippen LogP contribution in [0.5, 0.6) is 0 Å². The van der Waals surface area contributed by atoms with Crippen molar-refractivity contribution in [1.29, 1.82) is 0 Å². The molecule has 89 heavy (non-hydrogen) atoms. The number of aryl methyl sites for hydroxylation is 1. The number of halogens is 1. The number of esters is 1. The van der Waals surface area contributed by atoms with Gasteiger partial charge in [0.1, 0.15) is 18.5 Å². The quantitative estimate of drug-likeness (QED) is 0.0146. The molecular formula is C61H73FN10O17. The lowest BCUT2D eigenvalue weighted by atomic mass is 9.81. The minimum atomic E-state index is -2.05. The highest BCUT2D eigenvalue weighted by Gasteiger charge is 2.46. The van der Waals surface area contributed by atoms with Gasteiger partial charge in [0.05, 0.1) is 108 Å². The Morgan fingerprint density at radius 2 is 1.36 bits per heavy atom. The van der Waals surface area contributed by atoms with Gasteiger partial charge in [0.25, 0.3) is 17.4 Å². The van der Waals surface area contributed by atoms with E-state index < -0.39 is 96.0 Å². The molecule has 9 amide bonds.